The number of nitrogens with one attached hydrogen (secondary N) is 1. The first-order valence-electron chi connectivity index (χ1n) is 5.60. The average Bonchev–Trinajstić information content (AvgIpc) is 2.74. The maximum Gasteiger partial charge on any atom is 0.320 e. The highest BCUT2D eigenvalue weighted by atomic mass is 32.2. The van der Waals surface area contributed by atoms with Gasteiger partial charge >= 0.3 is 5.97 Å². The molecule has 0 spiro atoms. The van der Waals surface area contributed by atoms with Gasteiger partial charge in [0.25, 0.3) is 0 Å². The molecular weight excluding hydrogens is 284 g/mol. The third kappa shape index (κ3) is 3.58. The van der Waals surface area contributed by atoms with Gasteiger partial charge in [0.15, 0.2) is 11.6 Å². The van der Waals surface area contributed by atoms with Crippen molar-refractivity contribution in [3.8, 4) is 11.3 Å². The molecule has 8 heteroatoms. The topological polar surface area (TPSA) is 110 Å². The molecule has 0 atom stereocenters. The number of aryl methyl sites for hydroxylation is 1. The second kappa shape index (κ2) is 5.33. The van der Waals surface area contributed by atoms with Crippen molar-refractivity contribution in [2.45, 2.75) is 6.92 Å². The Bertz CT molecular complexity index is 719. The number of carboxylic acids is 1. The van der Waals surface area contributed by atoms with Crippen molar-refractivity contribution in [2.24, 2.45) is 0 Å². The number of hydrogen-bond acceptors (Lipinski definition) is 5. The quantitative estimate of drug-likeness (QED) is 0.864. The molecule has 2 rings (SSSR count). The lowest BCUT2D eigenvalue weighted by Crippen LogP contribution is -2.22. The van der Waals surface area contributed by atoms with Gasteiger partial charge in [0, 0.05) is 18.2 Å². The van der Waals surface area contributed by atoms with E-state index in [1.165, 1.54) is 18.4 Å². The zero-order valence-corrected chi connectivity index (χ0v) is 11.3. The fourth-order valence-electron chi connectivity index (χ4n) is 1.58. The number of carbonyl (C=O) groups is 1. The number of carboxylic acid groups (broad SMARTS) is 1. The van der Waals surface area contributed by atoms with Crippen molar-refractivity contribution in [2.75, 3.05) is 10.5 Å². The minimum Gasteiger partial charge on any atom is -0.480 e. The van der Waals surface area contributed by atoms with Gasteiger partial charge in [-0.05, 0) is 12.1 Å². The van der Waals surface area contributed by atoms with Gasteiger partial charge in [-0.3, -0.25) is 9.52 Å². The Hall–Kier alpha value is -2.35. The second-order valence-electron chi connectivity index (χ2n) is 4.08. The lowest BCUT2D eigenvalue weighted by molar-refractivity contribution is -0.134. The van der Waals surface area contributed by atoms with Crippen molar-refractivity contribution >= 4 is 21.7 Å². The summed E-state index contributed by atoms with van der Waals surface area (Å²) in [5.41, 5.74) is 1.70. The van der Waals surface area contributed by atoms with Gasteiger partial charge in [-0.25, -0.2) is 13.4 Å². The number of aliphatic carboxylic acids is 1. The Morgan fingerprint density at radius 2 is 2.00 bits per heavy atom. The molecule has 106 valence electrons. The molecule has 2 aromatic rings. The monoisotopic (exact) mass is 296 g/mol. The van der Waals surface area contributed by atoms with Crippen LogP contribution in [0.3, 0.4) is 0 Å². The number of oxazole rings is 1. The summed E-state index contributed by atoms with van der Waals surface area (Å²) in [5, 5.41) is 8.48. The van der Waals surface area contributed by atoms with Crippen LogP contribution in [0.2, 0.25) is 0 Å². The Labute approximate surface area is 115 Å². The van der Waals surface area contributed by atoms with E-state index in [-0.39, 0.29) is 5.69 Å². The van der Waals surface area contributed by atoms with Crippen molar-refractivity contribution in [1.82, 2.24) is 4.98 Å². The molecule has 0 bridgehead atoms. The first-order valence-corrected chi connectivity index (χ1v) is 7.26. The van der Waals surface area contributed by atoms with Crippen LogP contribution in [0.1, 0.15) is 5.89 Å². The zero-order valence-electron chi connectivity index (χ0n) is 10.5. The number of hydrogen-bond donors (Lipinski definition) is 2. The van der Waals surface area contributed by atoms with Crippen LogP contribution in [0.15, 0.2) is 34.9 Å². The van der Waals surface area contributed by atoms with Crippen molar-refractivity contribution < 1.29 is 22.7 Å². The predicted molar refractivity (Wildman–Crippen MR) is 71.7 cm³/mol. The fourth-order valence-corrected chi connectivity index (χ4v) is 2.48. The molecule has 0 aliphatic carbocycles. The van der Waals surface area contributed by atoms with Crippen LogP contribution >= 0.6 is 0 Å². The molecule has 0 amide bonds. The number of benzene rings is 1. The molecule has 1 heterocycles. The molecule has 20 heavy (non-hydrogen) atoms. The van der Waals surface area contributed by atoms with Crippen molar-refractivity contribution in [3.05, 3.63) is 36.4 Å². The molecule has 0 aliphatic heterocycles. The molecule has 0 saturated heterocycles. The fraction of sp³-hybridized carbons (Fsp3) is 0.167. The van der Waals surface area contributed by atoms with E-state index in [1.54, 1.807) is 19.1 Å². The van der Waals surface area contributed by atoms with Gasteiger partial charge in [0.2, 0.25) is 10.0 Å². The minimum absolute atomic E-state index is 0.287. The predicted octanol–water partition coefficient (Wildman–Crippen LogP) is 1.48. The highest BCUT2D eigenvalue weighted by Crippen LogP contribution is 2.21. The van der Waals surface area contributed by atoms with E-state index in [4.69, 9.17) is 9.52 Å². The second-order valence-corrected chi connectivity index (χ2v) is 5.81. The number of sulfonamides is 1. The van der Waals surface area contributed by atoms with Crippen LogP contribution in [0, 0.1) is 6.92 Å². The summed E-state index contributed by atoms with van der Waals surface area (Å²) in [6, 6.07) is 6.38. The van der Waals surface area contributed by atoms with Gasteiger partial charge < -0.3 is 9.52 Å². The van der Waals surface area contributed by atoms with Gasteiger partial charge in [-0.15, -0.1) is 0 Å². The number of rotatable bonds is 5. The molecule has 1 aromatic heterocycles. The first kappa shape index (κ1) is 14.1. The molecular formula is C12H12N2O5S. The number of anilines is 1. The maximum absolute atomic E-state index is 11.4. The van der Waals surface area contributed by atoms with Crippen LogP contribution in [0.5, 0.6) is 0 Å². The van der Waals surface area contributed by atoms with E-state index < -0.39 is 21.7 Å². The Balaban J connectivity index is 2.15. The lowest BCUT2D eigenvalue weighted by Gasteiger charge is -2.06. The highest BCUT2D eigenvalue weighted by molar-refractivity contribution is 7.93. The summed E-state index contributed by atoms with van der Waals surface area (Å²) >= 11 is 0. The third-order valence-corrected chi connectivity index (χ3v) is 3.56. The third-order valence-electron chi connectivity index (χ3n) is 2.39. The largest absolute Gasteiger partial charge is 0.480 e. The summed E-state index contributed by atoms with van der Waals surface area (Å²) in [6.45, 7) is 1.72. The summed E-state index contributed by atoms with van der Waals surface area (Å²) in [7, 11) is -3.89. The molecule has 0 fully saturated rings. The molecule has 0 unspecified atom stereocenters. The zero-order chi connectivity index (χ0) is 14.8. The molecule has 7 nitrogen and oxygen atoms in total. The van der Waals surface area contributed by atoms with Crippen LogP contribution in [0.4, 0.5) is 5.69 Å². The average molecular weight is 296 g/mol. The number of aromatic nitrogens is 1. The smallest absolute Gasteiger partial charge is 0.320 e. The van der Waals surface area contributed by atoms with Crippen LogP contribution < -0.4 is 4.72 Å². The molecule has 0 radical (unpaired) electrons. The van der Waals surface area contributed by atoms with Crippen molar-refractivity contribution in [3.63, 3.8) is 0 Å². The summed E-state index contributed by atoms with van der Waals surface area (Å²) in [6.07, 6.45) is 1.50. The Morgan fingerprint density at radius 1 is 1.35 bits per heavy atom. The van der Waals surface area contributed by atoms with E-state index in [2.05, 4.69) is 9.71 Å². The van der Waals surface area contributed by atoms with Crippen LogP contribution in [-0.4, -0.2) is 30.2 Å². The van der Waals surface area contributed by atoms with Crippen LogP contribution in [0.25, 0.3) is 11.3 Å². The van der Waals surface area contributed by atoms with E-state index in [9.17, 15) is 13.2 Å². The maximum atomic E-state index is 11.4. The van der Waals surface area contributed by atoms with Crippen LogP contribution in [-0.2, 0) is 14.8 Å². The van der Waals surface area contributed by atoms with Gasteiger partial charge in [0.1, 0.15) is 12.0 Å². The molecule has 0 aliphatic rings. The van der Waals surface area contributed by atoms with Gasteiger partial charge in [-0.1, -0.05) is 12.1 Å². The normalized spacial score (nSPS) is 11.2. The van der Waals surface area contributed by atoms with E-state index >= 15 is 0 Å². The highest BCUT2D eigenvalue weighted by Gasteiger charge is 2.15. The summed E-state index contributed by atoms with van der Waals surface area (Å²) in [5.74, 6) is -1.85. The van der Waals surface area contributed by atoms with Crippen molar-refractivity contribution in [1.29, 1.82) is 0 Å². The first-order chi connectivity index (χ1) is 9.35. The van der Waals surface area contributed by atoms with E-state index in [0.717, 1.165) is 5.56 Å². The Morgan fingerprint density at radius 3 is 2.50 bits per heavy atom. The Kier molecular flexibility index (Phi) is 3.75. The molecule has 2 N–H and O–H groups in total. The molecule has 1 aromatic carbocycles. The van der Waals surface area contributed by atoms with E-state index in [1.807, 2.05) is 0 Å². The van der Waals surface area contributed by atoms with Gasteiger partial charge in [-0.2, -0.15) is 0 Å². The SMILES string of the molecule is Cc1nc(-c2ccc(NS(=O)(=O)CC(=O)O)cc2)co1. The minimum atomic E-state index is -3.89. The lowest BCUT2D eigenvalue weighted by atomic mass is 10.1. The van der Waals surface area contributed by atoms with Gasteiger partial charge in [0.05, 0.1) is 0 Å². The molecule has 0 saturated carbocycles. The number of nitrogens with zero attached hydrogens (tertiary/aromatic N) is 1. The van der Waals surface area contributed by atoms with E-state index in [0.29, 0.717) is 11.6 Å². The summed E-state index contributed by atoms with van der Waals surface area (Å²) in [4.78, 5) is 14.6. The summed E-state index contributed by atoms with van der Waals surface area (Å²) < 4.78 is 30.2. The standard InChI is InChI=1S/C12H12N2O5S/c1-8-13-11(6-19-8)9-2-4-10(5-3-9)14-20(17,18)7-12(15)16/h2-6,14H,7H2,1H3,(H,15,16).